The fraction of sp³-hybridized carbons (Fsp3) is 0.143. The molecule has 0 spiro atoms. The zero-order valence-corrected chi connectivity index (χ0v) is 18.0. The molecule has 0 aliphatic heterocycles. The van der Waals surface area contributed by atoms with Crippen molar-refractivity contribution in [3.05, 3.63) is 80.7 Å². The minimum atomic E-state index is -0.216. The van der Waals surface area contributed by atoms with Crippen LogP contribution in [0, 0.1) is 0 Å². The van der Waals surface area contributed by atoms with Crippen LogP contribution in [0.15, 0.2) is 69.2 Å². The monoisotopic (exact) mass is 468 g/mol. The number of Topliss-reactive ketones (excluding diaryl/α,β-unsaturated/α-hetero) is 1. The van der Waals surface area contributed by atoms with Gasteiger partial charge in [0, 0.05) is 10.0 Å². The molecule has 29 heavy (non-hydrogen) atoms. The Balaban J connectivity index is 1.71. The quantitative estimate of drug-likeness (QED) is 0.257. The first-order chi connectivity index (χ1) is 14.1. The second-order valence-corrected chi connectivity index (χ2v) is 8.26. The van der Waals surface area contributed by atoms with Gasteiger partial charge in [0.15, 0.2) is 16.6 Å². The number of rotatable bonds is 6. The van der Waals surface area contributed by atoms with E-state index in [9.17, 15) is 9.59 Å². The van der Waals surface area contributed by atoms with E-state index in [2.05, 4.69) is 38.0 Å². The normalized spacial score (nSPS) is 11.1. The maximum atomic E-state index is 13.1. The van der Waals surface area contributed by atoms with Crippen molar-refractivity contribution in [2.45, 2.75) is 18.5 Å². The molecule has 1 N–H and O–H groups in total. The molecule has 146 valence electrons. The molecule has 4 aromatic rings. The average molecular weight is 469 g/mol. The van der Waals surface area contributed by atoms with E-state index in [-0.39, 0.29) is 17.1 Å². The highest BCUT2D eigenvalue weighted by molar-refractivity contribution is 9.10. The van der Waals surface area contributed by atoms with Crippen LogP contribution in [0.25, 0.3) is 16.7 Å². The largest absolute Gasteiger partial charge is 0.293 e. The molecule has 0 amide bonds. The van der Waals surface area contributed by atoms with Crippen molar-refractivity contribution in [2.75, 3.05) is 5.75 Å². The number of H-pyrrole nitrogens is 1. The summed E-state index contributed by atoms with van der Waals surface area (Å²) >= 11 is 4.60. The number of hydrogen-bond acceptors (Lipinski definition) is 5. The molecule has 0 aliphatic carbocycles. The van der Waals surface area contributed by atoms with Crippen LogP contribution in [0.4, 0.5) is 0 Å². The Morgan fingerprint density at radius 3 is 2.55 bits per heavy atom. The maximum Gasteiger partial charge on any atom is 0.269 e. The molecule has 0 atom stereocenters. The number of hydrogen-bond donors (Lipinski definition) is 1. The number of aromatic nitrogens is 4. The molecule has 6 nitrogen and oxygen atoms in total. The van der Waals surface area contributed by atoms with Crippen LogP contribution in [0.1, 0.15) is 22.8 Å². The first-order valence-electron chi connectivity index (χ1n) is 9.04. The Morgan fingerprint density at radius 1 is 1.14 bits per heavy atom. The minimum Gasteiger partial charge on any atom is -0.293 e. The van der Waals surface area contributed by atoms with Crippen molar-refractivity contribution in [3.8, 4) is 5.69 Å². The fourth-order valence-corrected chi connectivity index (χ4v) is 4.09. The summed E-state index contributed by atoms with van der Waals surface area (Å²) in [5, 5.41) is 7.54. The Labute approximate surface area is 179 Å². The van der Waals surface area contributed by atoms with Crippen LogP contribution in [-0.4, -0.2) is 31.3 Å². The third kappa shape index (κ3) is 4.04. The Hall–Kier alpha value is -2.71. The zero-order valence-electron chi connectivity index (χ0n) is 15.6. The van der Waals surface area contributed by atoms with Gasteiger partial charge in [-0.15, -0.1) is 0 Å². The van der Waals surface area contributed by atoms with E-state index in [0.717, 1.165) is 10.9 Å². The standard InChI is InChI=1S/C21H17BrN4O2S/c1-2-13-3-9-16(10-4-13)26-20(28)17-11-23-25-19(17)24-21(26)29-12-18(27)14-5-7-15(22)8-6-14/h3-11H,2,12H2,1H3,(H,23,25). The van der Waals surface area contributed by atoms with E-state index in [0.29, 0.717) is 27.4 Å². The Kier molecular flexibility index (Phi) is 5.64. The first kappa shape index (κ1) is 19.6. The number of ketones is 1. The van der Waals surface area contributed by atoms with E-state index in [1.165, 1.54) is 28.1 Å². The Morgan fingerprint density at radius 2 is 1.86 bits per heavy atom. The summed E-state index contributed by atoms with van der Waals surface area (Å²) < 4.78 is 2.45. The number of carbonyl (C=O) groups excluding carboxylic acids is 1. The van der Waals surface area contributed by atoms with Crippen molar-refractivity contribution in [2.24, 2.45) is 0 Å². The van der Waals surface area contributed by atoms with Crippen LogP contribution >= 0.6 is 27.7 Å². The third-order valence-corrected chi connectivity index (χ3v) is 6.02. The van der Waals surface area contributed by atoms with Crippen LogP contribution in [-0.2, 0) is 6.42 Å². The number of nitrogens with zero attached hydrogens (tertiary/aromatic N) is 3. The molecule has 2 aromatic carbocycles. The van der Waals surface area contributed by atoms with E-state index >= 15 is 0 Å². The van der Waals surface area contributed by atoms with E-state index in [4.69, 9.17) is 0 Å². The van der Waals surface area contributed by atoms with Crippen LogP contribution in [0.3, 0.4) is 0 Å². The van der Waals surface area contributed by atoms with Gasteiger partial charge in [-0.3, -0.25) is 19.3 Å². The summed E-state index contributed by atoms with van der Waals surface area (Å²) in [6, 6.07) is 15.0. The highest BCUT2D eigenvalue weighted by atomic mass is 79.9. The van der Waals surface area contributed by atoms with Gasteiger partial charge in [0.05, 0.1) is 17.6 Å². The molecule has 0 bridgehead atoms. The van der Waals surface area contributed by atoms with Crippen LogP contribution in [0.5, 0.6) is 0 Å². The highest BCUT2D eigenvalue weighted by Gasteiger charge is 2.16. The highest BCUT2D eigenvalue weighted by Crippen LogP contribution is 2.22. The second kappa shape index (κ2) is 8.34. The van der Waals surface area contributed by atoms with Gasteiger partial charge in [0.1, 0.15) is 5.39 Å². The van der Waals surface area contributed by atoms with Crippen molar-refractivity contribution < 1.29 is 4.79 Å². The lowest BCUT2D eigenvalue weighted by atomic mass is 10.1. The summed E-state index contributed by atoms with van der Waals surface area (Å²) in [4.78, 5) is 30.2. The number of benzene rings is 2. The maximum absolute atomic E-state index is 13.1. The van der Waals surface area contributed by atoms with Gasteiger partial charge in [0.2, 0.25) is 0 Å². The van der Waals surface area contributed by atoms with E-state index in [1.807, 2.05) is 36.4 Å². The van der Waals surface area contributed by atoms with Gasteiger partial charge in [-0.1, -0.05) is 58.9 Å². The molecule has 4 rings (SSSR count). The molecule has 0 saturated heterocycles. The van der Waals surface area contributed by atoms with Gasteiger partial charge in [-0.2, -0.15) is 5.10 Å². The lowest BCUT2D eigenvalue weighted by Gasteiger charge is -2.12. The minimum absolute atomic E-state index is 0.0330. The molecule has 0 unspecified atom stereocenters. The van der Waals surface area contributed by atoms with Crippen molar-refractivity contribution in [3.63, 3.8) is 0 Å². The van der Waals surface area contributed by atoms with Crippen LogP contribution in [0.2, 0.25) is 0 Å². The Bertz CT molecular complexity index is 1230. The molecule has 0 radical (unpaired) electrons. The number of fused-ring (bicyclic) bond motifs is 1. The lowest BCUT2D eigenvalue weighted by molar-refractivity contribution is 0.102. The van der Waals surface area contributed by atoms with Gasteiger partial charge in [-0.25, -0.2) is 4.98 Å². The summed E-state index contributed by atoms with van der Waals surface area (Å²) in [6.45, 7) is 2.08. The first-order valence-corrected chi connectivity index (χ1v) is 10.8. The van der Waals surface area contributed by atoms with Crippen molar-refractivity contribution in [1.82, 2.24) is 19.7 Å². The van der Waals surface area contributed by atoms with Crippen molar-refractivity contribution in [1.29, 1.82) is 0 Å². The number of nitrogens with one attached hydrogen (secondary N) is 1. The average Bonchev–Trinajstić information content (AvgIpc) is 3.22. The number of aromatic amines is 1. The summed E-state index contributed by atoms with van der Waals surface area (Å²) in [6.07, 6.45) is 2.39. The molecule has 2 heterocycles. The zero-order chi connectivity index (χ0) is 20.4. The molecule has 0 aliphatic rings. The predicted molar refractivity (Wildman–Crippen MR) is 118 cm³/mol. The molecule has 0 saturated carbocycles. The third-order valence-electron chi connectivity index (χ3n) is 4.55. The molecular weight excluding hydrogens is 452 g/mol. The molecule has 8 heteroatoms. The molecular formula is C21H17BrN4O2S. The summed E-state index contributed by atoms with van der Waals surface area (Å²) in [7, 11) is 0. The van der Waals surface area contributed by atoms with Gasteiger partial charge < -0.3 is 0 Å². The number of halogens is 1. The second-order valence-electron chi connectivity index (χ2n) is 6.41. The summed E-state index contributed by atoms with van der Waals surface area (Å²) in [5.41, 5.74) is 2.70. The molecule has 0 fully saturated rings. The van der Waals surface area contributed by atoms with Gasteiger partial charge >= 0.3 is 0 Å². The van der Waals surface area contributed by atoms with Gasteiger partial charge in [-0.05, 0) is 36.2 Å². The number of aryl methyl sites for hydroxylation is 1. The smallest absolute Gasteiger partial charge is 0.269 e. The number of carbonyl (C=O) groups is 1. The summed E-state index contributed by atoms with van der Waals surface area (Å²) in [5.74, 6) is 0.134. The lowest BCUT2D eigenvalue weighted by Crippen LogP contribution is -2.21. The fourth-order valence-electron chi connectivity index (χ4n) is 2.93. The topological polar surface area (TPSA) is 80.6 Å². The SMILES string of the molecule is CCc1ccc(-n2c(SCC(=O)c3ccc(Br)cc3)nc3[nH]ncc3c2=O)cc1. The van der Waals surface area contributed by atoms with Crippen LogP contribution < -0.4 is 5.56 Å². The van der Waals surface area contributed by atoms with Crippen molar-refractivity contribution >= 4 is 44.5 Å². The molecule has 2 aromatic heterocycles. The number of thioether (sulfide) groups is 1. The predicted octanol–water partition coefficient (Wildman–Crippen LogP) is 4.41. The van der Waals surface area contributed by atoms with E-state index < -0.39 is 0 Å². The van der Waals surface area contributed by atoms with E-state index in [1.54, 1.807) is 12.1 Å². The van der Waals surface area contributed by atoms with Gasteiger partial charge in [0.25, 0.3) is 5.56 Å².